The van der Waals surface area contributed by atoms with Gasteiger partial charge in [0.2, 0.25) is 0 Å². The fraction of sp³-hybridized carbons (Fsp3) is 0.538. The van der Waals surface area contributed by atoms with E-state index in [-0.39, 0.29) is 6.04 Å². The summed E-state index contributed by atoms with van der Waals surface area (Å²) in [4.78, 5) is 0. The second kappa shape index (κ2) is 7.27. The van der Waals surface area contributed by atoms with Crippen molar-refractivity contribution in [2.75, 3.05) is 20.8 Å². The van der Waals surface area contributed by atoms with Crippen molar-refractivity contribution in [3.05, 3.63) is 29.8 Å². The Morgan fingerprint density at radius 2 is 1.71 bits per heavy atom. The van der Waals surface area contributed by atoms with Gasteiger partial charge in [0, 0.05) is 14.2 Å². The molecule has 96 valence electrons. The zero-order valence-electron chi connectivity index (χ0n) is 10.7. The van der Waals surface area contributed by atoms with Gasteiger partial charge in [0.1, 0.15) is 5.75 Å². The van der Waals surface area contributed by atoms with Crippen LogP contribution in [0.1, 0.15) is 24.9 Å². The number of benzene rings is 1. The molecule has 0 aliphatic carbocycles. The van der Waals surface area contributed by atoms with E-state index in [1.807, 2.05) is 24.3 Å². The lowest BCUT2D eigenvalue weighted by atomic mass is 10.1. The Bertz CT molecular complexity index is 309. The minimum absolute atomic E-state index is 0.301. The van der Waals surface area contributed by atoms with Gasteiger partial charge >= 0.3 is 0 Å². The summed E-state index contributed by atoms with van der Waals surface area (Å²) in [6.07, 6.45) is 0.564. The summed E-state index contributed by atoms with van der Waals surface area (Å²) in [6.45, 7) is 2.80. The van der Waals surface area contributed by atoms with Crippen LogP contribution in [0, 0.1) is 0 Å². The van der Waals surface area contributed by atoms with Crippen LogP contribution in [0.2, 0.25) is 0 Å². The van der Waals surface area contributed by atoms with Crippen molar-refractivity contribution in [2.24, 2.45) is 5.73 Å². The maximum absolute atomic E-state index is 6.02. The van der Waals surface area contributed by atoms with Gasteiger partial charge in [-0.1, -0.05) is 19.1 Å². The third kappa shape index (κ3) is 4.00. The van der Waals surface area contributed by atoms with Crippen molar-refractivity contribution in [1.29, 1.82) is 0 Å². The number of hydrogen-bond acceptors (Lipinski definition) is 4. The SMILES string of the molecule is CCCOc1ccc(C(N)C(OC)OC)cc1. The fourth-order valence-electron chi connectivity index (χ4n) is 1.55. The van der Waals surface area contributed by atoms with Crippen LogP contribution < -0.4 is 10.5 Å². The minimum atomic E-state index is -0.433. The van der Waals surface area contributed by atoms with Gasteiger partial charge in [0.15, 0.2) is 6.29 Å². The number of rotatable bonds is 7. The molecular weight excluding hydrogens is 218 g/mol. The average molecular weight is 239 g/mol. The highest BCUT2D eigenvalue weighted by Crippen LogP contribution is 2.20. The molecule has 0 aromatic heterocycles. The largest absolute Gasteiger partial charge is 0.494 e. The van der Waals surface area contributed by atoms with E-state index in [1.54, 1.807) is 14.2 Å². The highest BCUT2D eigenvalue weighted by atomic mass is 16.7. The van der Waals surface area contributed by atoms with E-state index < -0.39 is 6.29 Å². The number of hydrogen-bond donors (Lipinski definition) is 1. The molecule has 4 heteroatoms. The van der Waals surface area contributed by atoms with Crippen LogP contribution in [-0.2, 0) is 9.47 Å². The third-order valence-electron chi connectivity index (χ3n) is 2.50. The van der Waals surface area contributed by atoms with Crippen molar-refractivity contribution in [3.8, 4) is 5.75 Å². The van der Waals surface area contributed by atoms with Crippen LogP contribution in [0.3, 0.4) is 0 Å². The molecule has 0 bridgehead atoms. The molecule has 0 aliphatic heterocycles. The summed E-state index contributed by atoms with van der Waals surface area (Å²) in [6, 6.07) is 7.38. The maximum atomic E-state index is 6.02. The lowest BCUT2D eigenvalue weighted by Gasteiger charge is -2.21. The van der Waals surface area contributed by atoms with Crippen LogP contribution in [0.5, 0.6) is 5.75 Å². The summed E-state index contributed by atoms with van der Waals surface area (Å²) in [5.41, 5.74) is 6.98. The molecule has 4 nitrogen and oxygen atoms in total. The predicted octanol–water partition coefficient (Wildman–Crippen LogP) is 2.09. The van der Waals surface area contributed by atoms with Crippen molar-refractivity contribution in [1.82, 2.24) is 0 Å². The maximum Gasteiger partial charge on any atom is 0.175 e. The third-order valence-corrected chi connectivity index (χ3v) is 2.50. The summed E-state index contributed by atoms with van der Waals surface area (Å²) in [7, 11) is 3.15. The topological polar surface area (TPSA) is 53.7 Å². The van der Waals surface area contributed by atoms with Crippen LogP contribution in [0.4, 0.5) is 0 Å². The Kier molecular flexibility index (Phi) is 5.97. The van der Waals surface area contributed by atoms with Crippen molar-refractivity contribution in [3.63, 3.8) is 0 Å². The Labute approximate surface area is 103 Å². The number of ether oxygens (including phenoxy) is 3. The second-order valence-corrected chi connectivity index (χ2v) is 3.78. The second-order valence-electron chi connectivity index (χ2n) is 3.78. The van der Waals surface area contributed by atoms with Gasteiger partial charge < -0.3 is 19.9 Å². The molecule has 0 saturated heterocycles. The Hall–Kier alpha value is -1.10. The zero-order chi connectivity index (χ0) is 12.7. The first-order valence-corrected chi connectivity index (χ1v) is 5.76. The quantitative estimate of drug-likeness (QED) is 0.740. The molecule has 1 atom stereocenters. The van der Waals surface area contributed by atoms with E-state index in [4.69, 9.17) is 19.9 Å². The summed E-state index contributed by atoms with van der Waals surface area (Å²) >= 11 is 0. The molecule has 1 unspecified atom stereocenters. The molecule has 17 heavy (non-hydrogen) atoms. The first-order chi connectivity index (χ1) is 8.22. The van der Waals surface area contributed by atoms with Gasteiger partial charge in [0.25, 0.3) is 0 Å². The van der Waals surface area contributed by atoms with E-state index in [2.05, 4.69) is 6.92 Å². The first kappa shape index (κ1) is 14.0. The molecule has 1 aromatic rings. The molecule has 2 N–H and O–H groups in total. The molecule has 1 rings (SSSR count). The number of methoxy groups -OCH3 is 2. The monoisotopic (exact) mass is 239 g/mol. The standard InChI is InChI=1S/C13H21NO3/c1-4-9-17-11-7-5-10(6-8-11)12(14)13(15-2)16-3/h5-8,12-13H,4,9,14H2,1-3H3. The molecule has 0 fully saturated rings. The lowest BCUT2D eigenvalue weighted by molar-refractivity contribution is -0.117. The molecule has 1 aromatic carbocycles. The van der Waals surface area contributed by atoms with Crippen LogP contribution in [-0.4, -0.2) is 27.1 Å². The molecular formula is C13H21NO3. The predicted molar refractivity (Wildman–Crippen MR) is 67.0 cm³/mol. The Morgan fingerprint density at radius 3 is 2.18 bits per heavy atom. The van der Waals surface area contributed by atoms with E-state index in [0.717, 1.165) is 24.3 Å². The molecule has 0 amide bonds. The van der Waals surface area contributed by atoms with Crippen molar-refractivity contribution in [2.45, 2.75) is 25.7 Å². The number of nitrogens with two attached hydrogens (primary N) is 1. The summed E-state index contributed by atoms with van der Waals surface area (Å²) in [5.74, 6) is 0.856. The molecule has 0 radical (unpaired) electrons. The van der Waals surface area contributed by atoms with Gasteiger partial charge in [-0.05, 0) is 24.1 Å². The van der Waals surface area contributed by atoms with E-state index >= 15 is 0 Å². The lowest BCUT2D eigenvalue weighted by Crippen LogP contribution is -2.29. The van der Waals surface area contributed by atoms with Crippen molar-refractivity contribution < 1.29 is 14.2 Å². The highest BCUT2D eigenvalue weighted by molar-refractivity contribution is 5.29. The normalized spacial score (nSPS) is 12.8. The average Bonchev–Trinajstić information content (AvgIpc) is 2.38. The van der Waals surface area contributed by atoms with Crippen LogP contribution >= 0.6 is 0 Å². The van der Waals surface area contributed by atoms with Gasteiger partial charge in [0.05, 0.1) is 12.6 Å². The molecule has 0 heterocycles. The Balaban J connectivity index is 2.66. The summed E-state index contributed by atoms with van der Waals surface area (Å²) < 4.78 is 15.8. The smallest absolute Gasteiger partial charge is 0.175 e. The van der Waals surface area contributed by atoms with Crippen molar-refractivity contribution >= 4 is 0 Å². The van der Waals surface area contributed by atoms with E-state index in [9.17, 15) is 0 Å². The molecule has 0 saturated carbocycles. The molecule has 0 spiro atoms. The van der Waals surface area contributed by atoms with Gasteiger partial charge in [-0.15, -0.1) is 0 Å². The van der Waals surface area contributed by atoms with E-state index in [0.29, 0.717) is 0 Å². The van der Waals surface area contributed by atoms with Gasteiger partial charge in [-0.3, -0.25) is 0 Å². The van der Waals surface area contributed by atoms with Crippen LogP contribution in [0.15, 0.2) is 24.3 Å². The first-order valence-electron chi connectivity index (χ1n) is 5.76. The molecule has 0 aliphatic rings. The van der Waals surface area contributed by atoms with Gasteiger partial charge in [-0.2, -0.15) is 0 Å². The summed E-state index contributed by atoms with van der Waals surface area (Å²) in [5, 5.41) is 0. The van der Waals surface area contributed by atoms with E-state index in [1.165, 1.54) is 0 Å². The highest BCUT2D eigenvalue weighted by Gasteiger charge is 2.18. The van der Waals surface area contributed by atoms with Gasteiger partial charge in [-0.25, -0.2) is 0 Å². The Morgan fingerprint density at radius 1 is 1.12 bits per heavy atom. The fourth-order valence-corrected chi connectivity index (χ4v) is 1.55. The van der Waals surface area contributed by atoms with Crippen LogP contribution in [0.25, 0.3) is 0 Å². The minimum Gasteiger partial charge on any atom is -0.494 e. The zero-order valence-corrected chi connectivity index (χ0v) is 10.7.